The number of thiocarbonyl (C=S) groups is 1. The summed E-state index contributed by atoms with van der Waals surface area (Å²) >= 11 is 6.58. The molecule has 110 valence electrons. The van der Waals surface area contributed by atoms with Crippen molar-refractivity contribution in [1.29, 1.82) is 0 Å². The van der Waals surface area contributed by atoms with Crippen molar-refractivity contribution in [2.24, 2.45) is 5.73 Å². The molecule has 1 aromatic carbocycles. The number of hydrogen-bond donors (Lipinski definition) is 2. The van der Waals surface area contributed by atoms with Gasteiger partial charge in [-0.25, -0.2) is 0 Å². The topological polar surface area (TPSA) is 58.4 Å². The lowest BCUT2D eigenvalue weighted by molar-refractivity contribution is -0.117. The molecule has 1 heterocycles. The van der Waals surface area contributed by atoms with Crippen LogP contribution < -0.4 is 11.1 Å². The number of benzene rings is 1. The number of carbonyl (C=O) groups is 1. The van der Waals surface area contributed by atoms with Gasteiger partial charge in [-0.3, -0.25) is 9.69 Å². The summed E-state index contributed by atoms with van der Waals surface area (Å²) in [6.45, 7) is 1.08. The maximum absolute atomic E-state index is 12.0. The van der Waals surface area contributed by atoms with Crippen molar-refractivity contribution in [2.45, 2.75) is 6.54 Å². The van der Waals surface area contributed by atoms with Gasteiger partial charge in [0, 0.05) is 17.8 Å². The SMILES string of the molecule is CN(CC(=O)Nc1cccc(C(N)=S)c1)Cc1ccsc1. The van der Waals surface area contributed by atoms with E-state index >= 15 is 0 Å². The van der Waals surface area contributed by atoms with Crippen molar-refractivity contribution in [1.82, 2.24) is 4.90 Å². The van der Waals surface area contributed by atoms with Gasteiger partial charge >= 0.3 is 0 Å². The number of nitrogens with one attached hydrogen (secondary N) is 1. The molecule has 2 aromatic rings. The third-order valence-corrected chi connectivity index (χ3v) is 3.84. The molecule has 1 amide bonds. The Labute approximate surface area is 133 Å². The first-order valence-corrected chi connectivity index (χ1v) is 7.79. The summed E-state index contributed by atoms with van der Waals surface area (Å²) in [6, 6.07) is 9.29. The van der Waals surface area contributed by atoms with E-state index in [1.807, 2.05) is 35.5 Å². The molecule has 0 spiro atoms. The molecule has 2 rings (SSSR count). The van der Waals surface area contributed by atoms with Gasteiger partial charge in [0.05, 0.1) is 6.54 Å². The molecule has 0 saturated heterocycles. The molecule has 0 aliphatic heterocycles. The van der Waals surface area contributed by atoms with Crippen LogP contribution in [0.3, 0.4) is 0 Å². The lowest BCUT2D eigenvalue weighted by Gasteiger charge is -2.15. The van der Waals surface area contributed by atoms with Crippen LogP contribution in [0.5, 0.6) is 0 Å². The van der Waals surface area contributed by atoms with Crippen molar-refractivity contribution in [3.63, 3.8) is 0 Å². The van der Waals surface area contributed by atoms with E-state index in [2.05, 4.69) is 16.8 Å². The maximum atomic E-state index is 12.0. The predicted octanol–water partition coefficient (Wildman–Crippen LogP) is 2.45. The lowest BCUT2D eigenvalue weighted by atomic mass is 10.2. The van der Waals surface area contributed by atoms with Crippen LogP contribution >= 0.6 is 23.6 Å². The largest absolute Gasteiger partial charge is 0.389 e. The predicted molar refractivity (Wildman–Crippen MR) is 91.6 cm³/mol. The Balaban J connectivity index is 1.89. The van der Waals surface area contributed by atoms with Gasteiger partial charge in [-0.2, -0.15) is 11.3 Å². The van der Waals surface area contributed by atoms with Crippen molar-refractivity contribution in [3.05, 3.63) is 52.2 Å². The van der Waals surface area contributed by atoms with Crippen LogP contribution in [-0.4, -0.2) is 29.4 Å². The fourth-order valence-corrected chi connectivity index (χ4v) is 2.73. The van der Waals surface area contributed by atoms with Crippen LogP contribution in [-0.2, 0) is 11.3 Å². The zero-order chi connectivity index (χ0) is 15.2. The molecule has 21 heavy (non-hydrogen) atoms. The molecule has 4 nitrogen and oxygen atoms in total. The minimum Gasteiger partial charge on any atom is -0.389 e. The zero-order valence-corrected chi connectivity index (χ0v) is 13.3. The Morgan fingerprint density at radius 3 is 2.90 bits per heavy atom. The van der Waals surface area contributed by atoms with Crippen molar-refractivity contribution < 1.29 is 4.79 Å². The Hall–Kier alpha value is -1.76. The number of anilines is 1. The third kappa shape index (κ3) is 4.93. The highest BCUT2D eigenvalue weighted by molar-refractivity contribution is 7.80. The van der Waals surface area contributed by atoms with Crippen molar-refractivity contribution in [3.8, 4) is 0 Å². The summed E-state index contributed by atoms with van der Waals surface area (Å²) in [5, 5.41) is 6.97. The molecular weight excluding hydrogens is 302 g/mol. The highest BCUT2D eigenvalue weighted by Gasteiger charge is 2.08. The molecule has 0 unspecified atom stereocenters. The summed E-state index contributed by atoms with van der Waals surface area (Å²) in [5.74, 6) is -0.0622. The quantitative estimate of drug-likeness (QED) is 0.803. The molecule has 1 aromatic heterocycles. The minimum absolute atomic E-state index is 0.0622. The molecule has 0 saturated carbocycles. The van der Waals surface area contributed by atoms with E-state index in [4.69, 9.17) is 18.0 Å². The van der Waals surface area contributed by atoms with E-state index in [0.29, 0.717) is 17.2 Å². The summed E-state index contributed by atoms with van der Waals surface area (Å²) in [4.78, 5) is 14.3. The van der Waals surface area contributed by atoms with Crippen molar-refractivity contribution in [2.75, 3.05) is 18.9 Å². The van der Waals surface area contributed by atoms with Gasteiger partial charge in [0.25, 0.3) is 0 Å². The Morgan fingerprint density at radius 1 is 1.43 bits per heavy atom. The Bertz CT molecular complexity index is 626. The molecule has 0 atom stereocenters. The first-order chi connectivity index (χ1) is 10.0. The first kappa shape index (κ1) is 15.6. The number of nitrogens with two attached hydrogens (primary N) is 1. The molecule has 0 aliphatic rings. The van der Waals surface area contributed by atoms with E-state index in [0.717, 1.165) is 12.1 Å². The van der Waals surface area contributed by atoms with Crippen LogP contribution in [0.1, 0.15) is 11.1 Å². The van der Waals surface area contributed by atoms with E-state index in [-0.39, 0.29) is 5.91 Å². The highest BCUT2D eigenvalue weighted by Crippen LogP contribution is 2.11. The van der Waals surface area contributed by atoms with Crippen molar-refractivity contribution >= 4 is 40.1 Å². The van der Waals surface area contributed by atoms with Gasteiger partial charge in [-0.05, 0) is 41.6 Å². The van der Waals surface area contributed by atoms with E-state index < -0.39 is 0 Å². The molecule has 6 heteroatoms. The normalized spacial score (nSPS) is 10.6. The molecule has 0 fully saturated rings. The second kappa shape index (κ2) is 7.31. The van der Waals surface area contributed by atoms with Crippen LogP contribution in [0.4, 0.5) is 5.69 Å². The monoisotopic (exact) mass is 319 g/mol. The van der Waals surface area contributed by atoms with Gasteiger partial charge in [-0.15, -0.1) is 0 Å². The van der Waals surface area contributed by atoms with Gasteiger partial charge < -0.3 is 11.1 Å². The summed E-state index contributed by atoms with van der Waals surface area (Å²) in [5.41, 5.74) is 8.24. The van der Waals surface area contributed by atoms with Crippen LogP contribution in [0.2, 0.25) is 0 Å². The first-order valence-electron chi connectivity index (χ1n) is 6.44. The summed E-state index contributed by atoms with van der Waals surface area (Å²) in [6.07, 6.45) is 0. The summed E-state index contributed by atoms with van der Waals surface area (Å²) in [7, 11) is 1.92. The van der Waals surface area contributed by atoms with E-state index in [1.165, 1.54) is 5.56 Å². The van der Waals surface area contributed by atoms with E-state index in [9.17, 15) is 4.79 Å². The molecule has 0 aliphatic carbocycles. The van der Waals surface area contributed by atoms with Gasteiger partial charge in [0.1, 0.15) is 4.99 Å². The molecule has 3 N–H and O–H groups in total. The van der Waals surface area contributed by atoms with Crippen LogP contribution in [0, 0.1) is 0 Å². The maximum Gasteiger partial charge on any atom is 0.238 e. The number of likely N-dealkylation sites (N-methyl/N-ethyl adjacent to an activating group) is 1. The van der Waals surface area contributed by atoms with Gasteiger partial charge in [-0.1, -0.05) is 24.4 Å². The number of carbonyl (C=O) groups excluding carboxylic acids is 1. The summed E-state index contributed by atoms with van der Waals surface area (Å²) < 4.78 is 0. The molecular formula is C15H17N3OS2. The number of rotatable bonds is 6. The number of thiophene rings is 1. The average Bonchev–Trinajstić information content (AvgIpc) is 2.91. The highest BCUT2D eigenvalue weighted by atomic mass is 32.1. The number of nitrogens with zero attached hydrogens (tertiary/aromatic N) is 1. The standard InChI is InChI=1S/C15H17N3OS2/c1-18(8-11-5-6-21-10-11)9-14(19)17-13-4-2-3-12(7-13)15(16)20/h2-7,10H,8-9H2,1H3,(H2,16,20)(H,17,19). The molecule has 0 radical (unpaired) electrons. The van der Waals surface area contributed by atoms with E-state index in [1.54, 1.807) is 17.4 Å². The smallest absolute Gasteiger partial charge is 0.238 e. The number of amides is 1. The average molecular weight is 319 g/mol. The van der Waals surface area contributed by atoms with Gasteiger partial charge in [0.15, 0.2) is 0 Å². The molecule has 0 bridgehead atoms. The fourth-order valence-electron chi connectivity index (χ4n) is 1.95. The second-order valence-corrected chi connectivity index (χ2v) is 6.02. The fraction of sp³-hybridized carbons (Fsp3) is 0.200. The van der Waals surface area contributed by atoms with Crippen LogP contribution in [0.25, 0.3) is 0 Å². The Kier molecular flexibility index (Phi) is 5.44. The lowest BCUT2D eigenvalue weighted by Crippen LogP contribution is -2.29. The minimum atomic E-state index is -0.0622. The zero-order valence-electron chi connectivity index (χ0n) is 11.7. The van der Waals surface area contributed by atoms with Gasteiger partial charge in [0.2, 0.25) is 5.91 Å². The Morgan fingerprint density at radius 2 is 2.24 bits per heavy atom. The third-order valence-electron chi connectivity index (χ3n) is 2.88. The number of hydrogen-bond acceptors (Lipinski definition) is 4. The second-order valence-electron chi connectivity index (χ2n) is 4.80. The van der Waals surface area contributed by atoms with Crippen LogP contribution in [0.15, 0.2) is 41.1 Å².